The molecule has 1 fully saturated rings. The molecule has 0 aromatic heterocycles. The maximum Gasteiger partial charge on any atom is 0.243 e. The number of rotatable bonds is 4. The average molecular weight is 331 g/mol. The first kappa shape index (κ1) is 16.2. The van der Waals surface area contributed by atoms with Crippen molar-refractivity contribution < 1.29 is 13.2 Å². The van der Waals surface area contributed by atoms with E-state index >= 15 is 0 Å². The van der Waals surface area contributed by atoms with E-state index in [1.807, 2.05) is 49.4 Å². The van der Waals surface area contributed by atoms with Crippen LogP contribution in [0.25, 0.3) is 0 Å². The lowest BCUT2D eigenvalue weighted by molar-refractivity contribution is -0.000494. The number of aryl methyl sites for hydroxylation is 1. The van der Waals surface area contributed by atoms with Gasteiger partial charge in [-0.3, -0.25) is 0 Å². The molecule has 0 spiro atoms. The molecule has 122 valence electrons. The molecule has 0 N–H and O–H groups in total. The molecule has 1 aliphatic heterocycles. The van der Waals surface area contributed by atoms with Crippen molar-refractivity contribution in [2.45, 2.75) is 24.3 Å². The van der Waals surface area contributed by atoms with Crippen molar-refractivity contribution in [1.29, 1.82) is 0 Å². The maximum absolute atomic E-state index is 12.8. The van der Waals surface area contributed by atoms with Gasteiger partial charge in [0.05, 0.1) is 17.6 Å². The highest BCUT2D eigenvalue weighted by Gasteiger charge is 2.30. The molecule has 0 saturated carbocycles. The molecule has 1 saturated heterocycles. The molecule has 1 heterocycles. The van der Waals surface area contributed by atoms with Gasteiger partial charge in [-0.2, -0.15) is 4.31 Å². The Hall–Kier alpha value is -1.69. The lowest BCUT2D eigenvalue weighted by Crippen LogP contribution is -2.46. The van der Waals surface area contributed by atoms with Crippen LogP contribution in [0.4, 0.5) is 0 Å². The normalized spacial score (nSPS) is 19.6. The Morgan fingerprint density at radius 1 is 1.09 bits per heavy atom. The van der Waals surface area contributed by atoms with Crippen molar-refractivity contribution in [1.82, 2.24) is 4.31 Å². The van der Waals surface area contributed by atoms with Gasteiger partial charge in [0, 0.05) is 13.1 Å². The first-order valence-electron chi connectivity index (χ1n) is 7.78. The van der Waals surface area contributed by atoms with Crippen molar-refractivity contribution in [2.75, 3.05) is 19.7 Å². The van der Waals surface area contributed by atoms with Crippen LogP contribution in [-0.4, -0.2) is 38.5 Å². The van der Waals surface area contributed by atoms with Crippen molar-refractivity contribution in [3.8, 4) is 0 Å². The van der Waals surface area contributed by atoms with E-state index in [9.17, 15) is 8.42 Å². The van der Waals surface area contributed by atoms with Gasteiger partial charge >= 0.3 is 0 Å². The highest BCUT2D eigenvalue weighted by atomic mass is 32.2. The molecular weight excluding hydrogens is 310 g/mol. The largest absolute Gasteiger partial charge is 0.375 e. The number of sulfonamides is 1. The summed E-state index contributed by atoms with van der Waals surface area (Å²) in [5, 5.41) is 0. The average Bonchev–Trinajstić information content (AvgIpc) is 2.56. The number of hydrogen-bond acceptors (Lipinski definition) is 3. The third-order valence-corrected chi connectivity index (χ3v) is 5.95. The van der Waals surface area contributed by atoms with E-state index in [-0.39, 0.29) is 6.10 Å². The number of morpholine rings is 1. The van der Waals surface area contributed by atoms with Gasteiger partial charge in [-0.25, -0.2) is 8.42 Å². The summed E-state index contributed by atoms with van der Waals surface area (Å²) in [6.45, 7) is 3.18. The molecule has 0 amide bonds. The number of hydrogen-bond donors (Lipinski definition) is 0. The fraction of sp³-hybridized carbons (Fsp3) is 0.333. The number of benzene rings is 2. The first-order chi connectivity index (χ1) is 11.1. The second-order valence-corrected chi connectivity index (χ2v) is 7.80. The smallest absolute Gasteiger partial charge is 0.243 e. The highest BCUT2D eigenvalue weighted by molar-refractivity contribution is 7.89. The third kappa shape index (κ3) is 3.80. The van der Waals surface area contributed by atoms with Gasteiger partial charge in [0.15, 0.2) is 0 Å². The quantitative estimate of drug-likeness (QED) is 0.865. The van der Waals surface area contributed by atoms with Crippen molar-refractivity contribution in [3.63, 3.8) is 0 Å². The summed E-state index contributed by atoms with van der Waals surface area (Å²) in [5.41, 5.74) is 2.21. The molecule has 23 heavy (non-hydrogen) atoms. The van der Waals surface area contributed by atoms with E-state index in [1.165, 1.54) is 4.31 Å². The van der Waals surface area contributed by atoms with Gasteiger partial charge in [-0.05, 0) is 31.0 Å². The fourth-order valence-corrected chi connectivity index (χ4v) is 4.23. The van der Waals surface area contributed by atoms with E-state index < -0.39 is 10.0 Å². The second-order valence-electron chi connectivity index (χ2n) is 5.86. The van der Waals surface area contributed by atoms with Crippen molar-refractivity contribution in [2.24, 2.45) is 0 Å². The molecule has 0 radical (unpaired) electrons. The summed E-state index contributed by atoms with van der Waals surface area (Å²) >= 11 is 0. The monoisotopic (exact) mass is 331 g/mol. The lowest BCUT2D eigenvalue weighted by atomic mass is 10.1. The van der Waals surface area contributed by atoms with Crippen LogP contribution in [0.5, 0.6) is 0 Å². The molecule has 5 heteroatoms. The van der Waals surface area contributed by atoms with Crippen molar-refractivity contribution >= 4 is 10.0 Å². The third-order valence-electron chi connectivity index (χ3n) is 4.07. The van der Waals surface area contributed by atoms with E-state index in [0.717, 1.165) is 17.5 Å². The van der Waals surface area contributed by atoms with E-state index in [1.54, 1.807) is 12.1 Å². The first-order valence-corrected chi connectivity index (χ1v) is 9.22. The second kappa shape index (κ2) is 6.83. The van der Waals surface area contributed by atoms with Crippen LogP contribution in [0.1, 0.15) is 11.1 Å². The molecule has 1 aliphatic rings. The van der Waals surface area contributed by atoms with Crippen LogP contribution in [0.2, 0.25) is 0 Å². The van der Waals surface area contributed by atoms with Crippen LogP contribution in [0, 0.1) is 6.92 Å². The van der Waals surface area contributed by atoms with Crippen molar-refractivity contribution in [3.05, 3.63) is 65.7 Å². The van der Waals surface area contributed by atoms with E-state index in [2.05, 4.69) is 0 Å². The Kier molecular flexibility index (Phi) is 4.80. The van der Waals surface area contributed by atoms with Gasteiger partial charge in [-0.15, -0.1) is 0 Å². The highest BCUT2D eigenvalue weighted by Crippen LogP contribution is 2.20. The predicted molar refractivity (Wildman–Crippen MR) is 89.8 cm³/mol. The Bertz CT molecular complexity index is 742. The Morgan fingerprint density at radius 3 is 2.48 bits per heavy atom. The Labute approximate surface area is 137 Å². The van der Waals surface area contributed by atoms with Gasteiger partial charge in [0.2, 0.25) is 10.0 Å². The molecule has 2 aromatic rings. The van der Waals surface area contributed by atoms with Crippen LogP contribution in [0.15, 0.2) is 59.5 Å². The molecule has 4 nitrogen and oxygen atoms in total. The fourth-order valence-electron chi connectivity index (χ4n) is 2.77. The summed E-state index contributed by atoms with van der Waals surface area (Å²) in [6.07, 6.45) is 0.618. The standard InChI is InChI=1S/C18H21NO3S/c1-15-7-9-18(10-8-15)23(20,21)19-11-12-22-17(14-19)13-16-5-3-2-4-6-16/h2-10,17H,11-14H2,1H3. The molecule has 1 unspecified atom stereocenters. The maximum atomic E-state index is 12.8. The summed E-state index contributed by atoms with van der Waals surface area (Å²) in [7, 11) is -3.45. The minimum Gasteiger partial charge on any atom is -0.375 e. The van der Waals surface area contributed by atoms with Gasteiger partial charge < -0.3 is 4.74 Å². The van der Waals surface area contributed by atoms with Crippen LogP contribution < -0.4 is 0 Å². The van der Waals surface area contributed by atoms with Gasteiger partial charge in [-0.1, -0.05) is 48.0 Å². The zero-order valence-corrected chi connectivity index (χ0v) is 14.0. The van der Waals surface area contributed by atoms with Crippen LogP contribution in [-0.2, 0) is 21.2 Å². The van der Waals surface area contributed by atoms with E-state index in [4.69, 9.17) is 4.74 Å². The Balaban J connectivity index is 1.74. The topological polar surface area (TPSA) is 46.6 Å². The van der Waals surface area contributed by atoms with Gasteiger partial charge in [0.1, 0.15) is 0 Å². The minimum atomic E-state index is -3.45. The molecular formula is C18H21NO3S. The summed E-state index contributed by atoms with van der Waals surface area (Å²) in [6, 6.07) is 17.0. The lowest BCUT2D eigenvalue weighted by Gasteiger charge is -2.32. The summed E-state index contributed by atoms with van der Waals surface area (Å²) in [5.74, 6) is 0. The Morgan fingerprint density at radius 2 is 1.78 bits per heavy atom. The van der Waals surface area contributed by atoms with Gasteiger partial charge in [0.25, 0.3) is 0 Å². The zero-order valence-electron chi connectivity index (χ0n) is 13.2. The number of nitrogens with zero attached hydrogens (tertiary/aromatic N) is 1. The predicted octanol–water partition coefficient (Wildman–Crippen LogP) is 2.63. The molecule has 3 rings (SSSR count). The molecule has 2 aromatic carbocycles. The number of ether oxygens (including phenoxy) is 1. The summed E-state index contributed by atoms with van der Waals surface area (Å²) < 4.78 is 32.8. The van der Waals surface area contributed by atoms with Crippen LogP contribution in [0.3, 0.4) is 0 Å². The SMILES string of the molecule is Cc1ccc(S(=O)(=O)N2CCOC(Cc3ccccc3)C2)cc1. The molecule has 0 aliphatic carbocycles. The molecule has 0 bridgehead atoms. The zero-order chi connectivity index (χ0) is 16.3. The molecule has 1 atom stereocenters. The minimum absolute atomic E-state index is 0.105. The van der Waals surface area contributed by atoms with E-state index in [0.29, 0.717) is 24.6 Å². The summed E-state index contributed by atoms with van der Waals surface area (Å²) in [4.78, 5) is 0.350. The van der Waals surface area contributed by atoms with Crippen LogP contribution >= 0.6 is 0 Å².